The highest BCUT2D eigenvalue weighted by Crippen LogP contribution is 2.19. The highest BCUT2D eigenvalue weighted by atomic mass is 19.1. The maximum absolute atomic E-state index is 12.8. The van der Waals surface area contributed by atoms with Crippen LogP contribution in [-0.4, -0.2) is 28.8 Å². The van der Waals surface area contributed by atoms with Gasteiger partial charge >= 0.3 is 5.97 Å². The Hall–Kier alpha value is -1.46. The summed E-state index contributed by atoms with van der Waals surface area (Å²) >= 11 is 0. The Morgan fingerprint density at radius 2 is 2.00 bits per heavy atom. The Balaban J connectivity index is 2.58. The van der Waals surface area contributed by atoms with Gasteiger partial charge < -0.3 is 15.5 Å². The maximum atomic E-state index is 12.8. The molecule has 18 heavy (non-hydrogen) atoms. The molecule has 5 heteroatoms. The van der Waals surface area contributed by atoms with E-state index >= 15 is 0 Å². The topological polar surface area (TPSA) is 69.6 Å². The third kappa shape index (κ3) is 4.43. The van der Waals surface area contributed by atoms with Crippen molar-refractivity contribution in [3.63, 3.8) is 0 Å². The van der Waals surface area contributed by atoms with E-state index in [1.54, 1.807) is 0 Å². The minimum atomic E-state index is -0.881. The van der Waals surface area contributed by atoms with Gasteiger partial charge in [0.15, 0.2) is 0 Å². The lowest BCUT2D eigenvalue weighted by molar-refractivity contribution is -0.136. The predicted molar refractivity (Wildman–Crippen MR) is 65.7 cm³/mol. The van der Waals surface area contributed by atoms with Gasteiger partial charge in [0.25, 0.3) is 0 Å². The van der Waals surface area contributed by atoms with Gasteiger partial charge in [-0.05, 0) is 24.1 Å². The molecule has 0 saturated carbocycles. The molecule has 1 aromatic carbocycles. The summed E-state index contributed by atoms with van der Waals surface area (Å²) in [4.78, 5) is 10.4. The van der Waals surface area contributed by atoms with Gasteiger partial charge in [-0.1, -0.05) is 19.1 Å². The van der Waals surface area contributed by atoms with E-state index in [2.05, 4.69) is 5.32 Å². The molecule has 0 saturated heterocycles. The Morgan fingerprint density at radius 1 is 1.39 bits per heavy atom. The summed E-state index contributed by atoms with van der Waals surface area (Å²) < 4.78 is 12.8. The second-order valence-corrected chi connectivity index (χ2v) is 4.11. The van der Waals surface area contributed by atoms with Crippen LogP contribution < -0.4 is 5.32 Å². The van der Waals surface area contributed by atoms with Crippen molar-refractivity contribution < 1.29 is 19.4 Å². The second-order valence-electron chi connectivity index (χ2n) is 4.11. The molecule has 2 atom stereocenters. The van der Waals surface area contributed by atoms with Crippen LogP contribution in [-0.2, 0) is 4.79 Å². The van der Waals surface area contributed by atoms with Gasteiger partial charge in [-0.2, -0.15) is 0 Å². The molecule has 0 aliphatic heterocycles. The summed E-state index contributed by atoms with van der Waals surface area (Å²) in [5.74, 6) is -1.23. The highest BCUT2D eigenvalue weighted by molar-refractivity contribution is 5.66. The van der Waals surface area contributed by atoms with E-state index in [9.17, 15) is 14.3 Å². The lowest BCUT2D eigenvalue weighted by Gasteiger charge is -2.23. The number of benzene rings is 1. The zero-order chi connectivity index (χ0) is 13.5. The number of carbonyl (C=O) groups is 1. The van der Waals surface area contributed by atoms with E-state index in [1.807, 2.05) is 6.92 Å². The number of nitrogens with one attached hydrogen (secondary N) is 1. The van der Waals surface area contributed by atoms with Crippen molar-refractivity contribution in [1.29, 1.82) is 0 Å². The van der Waals surface area contributed by atoms with Gasteiger partial charge in [0, 0.05) is 12.6 Å². The number of rotatable bonds is 7. The molecule has 0 aliphatic rings. The Bertz CT molecular complexity index is 380. The van der Waals surface area contributed by atoms with Crippen LogP contribution in [0, 0.1) is 5.82 Å². The Kier molecular flexibility index (Phi) is 5.74. The van der Waals surface area contributed by atoms with Crippen molar-refractivity contribution in [2.75, 3.05) is 6.54 Å². The average molecular weight is 255 g/mol. The fourth-order valence-electron chi connectivity index (χ4n) is 1.74. The number of hydrogen-bond acceptors (Lipinski definition) is 3. The van der Waals surface area contributed by atoms with E-state index in [4.69, 9.17) is 5.11 Å². The van der Waals surface area contributed by atoms with Gasteiger partial charge in [-0.15, -0.1) is 0 Å². The van der Waals surface area contributed by atoms with Crippen LogP contribution in [0.1, 0.15) is 31.4 Å². The molecule has 1 aromatic rings. The van der Waals surface area contributed by atoms with Crippen molar-refractivity contribution >= 4 is 5.97 Å². The number of carboxylic acids is 1. The molecular weight excluding hydrogens is 237 g/mol. The number of carboxylic acid groups (broad SMARTS) is 1. The van der Waals surface area contributed by atoms with Crippen LogP contribution in [0.4, 0.5) is 4.39 Å². The van der Waals surface area contributed by atoms with Crippen molar-refractivity contribution in [3.05, 3.63) is 35.6 Å². The van der Waals surface area contributed by atoms with Crippen LogP contribution >= 0.6 is 0 Å². The van der Waals surface area contributed by atoms with Crippen LogP contribution in [0.15, 0.2) is 24.3 Å². The van der Waals surface area contributed by atoms with Gasteiger partial charge in [-0.3, -0.25) is 4.79 Å². The van der Waals surface area contributed by atoms with Gasteiger partial charge in [0.2, 0.25) is 0 Å². The van der Waals surface area contributed by atoms with Crippen molar-refractivity contribution in [2.45, 2.75) is 31.9 Å². The molecule has 0 aliphatic carbocycles. The molecule has 0 bridgehead atoms. The quantitative estimate of drug-likeness (QED) is 0.693. The van der Waals surface area contributed by atoms with Crippen molar-refractivity contribution in [1.82, 2.24) is 5.32 Å². The summed E-state index contributed by atoms with van der Waals surface area (Å²) in [6, 6.07) is 5.41. The van der Waals surface area contributed by atoms with Crippen LogP contribution in [0.25, 0.3) is 0 Å². The largest absolute Gasteiger partial charge is 0.481 e. The molecule has 0 aromatic heterocycles. The van der Waals surface area contributed by atoms with E-state index in [-0.39, 0.29) is 18.3 Å². The second kappa shape index (κ2) is 7.08. The Morgan fingerprint density at radius 3 is 2.50 bits per heavy atom. The molecule has 0 fully saturated rings. The minimum Gasteiger partial charge on any atom is -0.481 e. The molecule has 0 radical (unpaired) electrons. The van der Waals surface area contributed by atoms with Crippen LogP contribution in [0.3, 0.4) is 0 Å². The monoisotopic (exact) mass is 255 g/mol. The first-order valence-electron chi connectivity index (χ1n) is 5.93. The van der Waals surface area contributed by atoms with E-state index < -0.39 is 12.1 Å². The molecule has 0 amide bonds. The molecule has 1 rings (SSSR count). The molecule has 2 unspecified atom stereocenters. The summed E-state index contributed by atoms with van der Waals surface area (Å²) in [5, 5.41) is 21.6. The van der Waals surface area contributed by atoms with E-state index in [1.165, 1.54) is 24.3 Å². The lowest BCUT2D eigenvalue weighted by atomic mass is 10.00. The fourth-order valence-corrected chi connectivity index (χ4v) is 1.74. The molecular formula is C13H18FNO3. The molecule has 4 nitrogen and oxygen atoms in total. The summed E-state index contributed by atoms with van der Waals surface area (Å²) in [6.07, 6.45) is -0.116. The van der Waals surface area contributed by atoms with E-state index in [0.717, 1.165) is 0 Å². The first-order valence-corrected chi connectivity index (χ1v) is 5.93. The third-order valence-electron chi connectivity index (χ3n) is 2.78. The maximum Gasteiger partial charge on any atom is 0.304 e. The third-order valence-corrected chi connectivity index (χ3v) is 2.78. The molecule has 3 N–H and O–H groups in total. The Labute approximate surface area is 105 Å². The lowest BCUT2D eigenvalue weighted by Crippen LogP contribution is -2.35. The highest BCUT2D eigenvalue weighted by Gasteiger charge is 2.18. The SMILES string of the molecule is CCC(NCCC(=O)O)C(O)c1ccc(F)cc1. The smallest absolute Gasteiger partial charge is 0.304 e. The van der Waals surface area contributed by atoms with Gasteiger partial charge in [-0.25, -0.2) is 4.39 Å². The van der Waals surface area contributed by atoms with Gasteiger partial charge in [0.1, 0.15) is 5.82 Å². The molecule has 100 valence electrons. The fraction of sp³-hybridized carbons (Fsp3) is 0.462. The minimum absolute atomic E-state index is 0.00659. The summed E-state index contributed by atoms with van der Waals surface area (Å²) in [5.41, 5.74) is 0.617. The standard InChI is InChI=1S/C13H18FNO3/c1-2-11(15-8-7-12(16)17)13(18)9-3-5-10(14)6-4-9/h3-6,11,13,15,18H,2,7-8H2,1H3,(H,16,17). The van der Waals surface area contributed by atoms with Crippen LogP contribution in [0.5, 0.6) is 0 Å². The first-order chi connectivity index (χ1) is 8.54. The van der Waals surface area contributed by atoms with Crippen LogP contribution in [0.2, 0.25) is 0 Å². The van der Waals surface area contributed by atoms with Crippen molar-refractivity contribution in [2.24, 2.45) is 0 Å². The van der Waals surface area contributed by atoms with Gasteiger partial charge in [0.05, 0.1) is 12.5 Å². The number of aliphatic hydroxyl groups excluding tert-OH is 1. The molecule has 0 spiro atoms. The number of aliphatic carboxylic acids is 1. The van der Waals surface area contributed by atoms with Crippen molar-refractivity contribution in [3.8, 4) is 0 Å². The summed E-state index contributed by atoms with van der Waals surface area (Å²) in [6.45, 7) is 2.19. The van der Waals surface area contributed by atoms with E-state index in [0.29, 0.717) is 18.5 Å². The zero-order valence-corrected chi connectivity index (χ0v) is 10.3. The normalized spacial score (nSPS) is 14.2. The molecule has 0 heterocycles. The first kappa shape index (κ1) is 14.6. The number of halogens is 1. The number of hydrogen-bond donors (Lipinski definition) is 3. The summed E-state index contributed by atoms with van der Waals surface area (Å²) in [7, 11) is 0. The number of aliphatic hydroxyl groups is 1. The predicted octanol–water partition coefficient (Wildman–Crippen LogP) is 1.70. The average Bonchev–Trinajstić information content (AvgIpc) is 2.34. The zero-order valence-electron chi connectivity index (χ0n) is 10.3.